The van der Waals surface area contributed by atoms with E-state index < -0.39 is 16.1 Å². The lowest BCUT2D eigenvalue weighted by atomic mass is 10.1. The number of hydrogen-bond acceptors (Lipinski definition) is 7. The molecule has 0 aliphatic carbocycles. The molecule has 0 aliphatic rings. The quantitative estimate of drug-likeness (QED) is 0.196. The van der Waals surface area contributed by atoms with Gasteiger partial charge in [-0.3, -0.25) is 9.52 Å². The Bertz CT molecular complexity index is 1800. The van der Waals surface area contributed by atoms with E-state index in [1.165, 1.54) is 18.3 Å². The van der Waals surface area contributed by atoms with E-state index >= 15 is 0 Å². The molecule has 0 saturated heterocycles. The summed E-state index contributed by atoms with van der Waals surface area (Å²) in [5, 5.41) is 14.1. The highest BCUT2D eigenvalue weighted by molar-refractivity contribution is 7.92. The normalized spacial score (nSPS) is 12.5. The Hall–Kier alpha value is -4.13. The molecule has 196 valence electrons. The fraction of sp³-hybridized carbons (Fsp3) is 0.160. The van der Waals surface area contributed by atoms with E-state index in [4.69, 9.17) is 11.6 Å². The summed E-state index contributed by atoms with van der Waals surface area (Å²) in [7, 11) is -3.55. The van der Waals surface area contributed by atoms with Crippen LogP contribution in [0.3, 0.4) is 0 Å². The van der Waals surface area contributed by atoms with Crippen molar-refractivity contribution in [1.29, 1.82) is 0 Å². The lowest BCUT2D eigenvalue weighted by Crippen LogP contribution is -2.17. The van der Waals surface area contributed by atoms with Crippen LogP contribution in [0.4, 0.5) is 11.4 Å². The highest BCUT2D eigenvalue weighted by Crippen LogP contribution is 2.29. The summed E-state index contributed by atoms with van der Waals surface area (Å²) in [6.07, 6.45) is 6.72. The fourth-order valence-electron chi connectivity index (χ4n) is 4.16. The monoisotopic (exact) mass is 553 g/mol. The van der Waals surface area contributed by atoms with Gasteiger partial charge in [-0.15, -0.1) is 0 Å². The Labute approximate surface area is 222 Å². The first kappa shape index (κ1) is 25.5. The van der Waals surface area contributed by atoms with Crippen LogP contribution in [-0.4, -0.2) is 50.8 Å². The van der Waals surface area contributed by atoms with Gasteiger partial charge in [-0.25, -0.2) is 18.4 Å². The molecule has 1 unspecified atom stereocenters. The zero-order chi connectivity index (χ0) is 27.0. The minimum absolute atomic E-state index is 0.0282. The summed E-state index contributed by atoms with van der Waals surface area (Å²) < 4.78 is 27.5. The number of nitrogens with one attached hydrogen (secondary N) is 4. The van der Waals surface area contributed by atoms with E-state index in [-0.39, 0.29) is 28.4 Å². The maximum atomic E-state index is 12.9. The minimum atomic E-state index is -3.55. The van der Waals surface area contributed by atoms with Crippen molar-refractivity contribution in [1.82, 2.24) is 24.5 Å². The number of aromatic nitrogens is 5. The SMILES string of the molecule is Cc1cc(-n2ccnc2)cc2[nH]c(-c3c(NCC(O)c4ccc(Cl)c(NS(C)(=O)=O)c4)cc[nH]c3=O)nc12. The summed E-state index contributed by atoms with van der Waals surface area (Å²) in [5.41, 5.74) is 4.29. The van der Waals surface area contributed by atoms with Gasteiger partial charge in [0.1, 0.15) is 11.4 Å². The third kappa shape index (κ3) is 5.28. The molecule has 0 spiro atoms. The van der Waals surface area contributed by atoms with Gasteiger partial charge in [0, 0.05) is 30.8 Å². The second-order valence-corrected chi connectivity index (χ2v) is 11.0. The maximum Gasteiger partial charge on any atom is 0.261 e. The van der Waals surface area contributed by atoms with Gasteiger partial charge in [0.15, 0.2) is 0 Å². The maximum absolute atomic E-state index is 12.9. The molecule has 38 heavy (non-hydrogen) atoms. The smallest absolute Gasteiger partial charge is 0.261 e. The lowest BCUT2D eigenvalue weighted by Gasteiger charge is -2.16. The van der Waals surface area contributed by atoms with Crippen molar-refractivity contribution in [3.63, 3.8) is 0 Å². The zero-order valence-electron chi connectivity index (χ0n) is 20.4. The highest BCUT2D eigenvalue weighted by Gasteiger charge is 2.18. The predicted molar refractivity (Wildman–Crippen MR) is 147 cm³/mol. The molecular weight excluding hydrogens is 530 g/mol. The van der Waals surface area contributed by atoms with Crippen molar-refractivity contribution in [2.24, 2.45) is 0 Å². The number of fused-ring (bicyclic) bond motifs is 1. The van der Waals surface area contributed by atoms with Crippen LogP contribution in [0.15, 0.2) is 66.1 Å². The van der Waals surface area contributed by atoms with Gasteiger partial charge in [0.25, 0.3) is 5.56 Å². The summed E-state index contributed by atoms with van der Waals surface area (Å²) in [5.74, 6) is 0.371. The number of benzene rings is 2. The molecule has 0 bridgehead atoms. The van der Waals surface area contributed by atoms with Crippen LogP contribution in [0.25, 0.3) is 28.1 Å². The summed E-state index contributed by atoms with van der Waals surface area (Å²) >= 11 is 6.09. The molecule has 5 N–H and O–H groups in total. The molecule has 5 aromatic rings. The van der Waals surface area contributed by atoms with E-state index in [0.717, 1.165) is 28.5 Å². The third-order valence-electron chi connectivity index (χ3n) is 5.92. The largest absolute Gasteiger partial charge is 0.387 e. The van der Waals surface area contributed by atoms with Crippen molar-refractivity contribution in [2.75, 3.05) is 22.8 Å². The van der Waals surface area contributed by atoms with Gasteiger partial charge in [-0.05, 0) is 48.4 Å². The first-order valence-electron chi connectivity index (χ1n) is 11.5. The molecule has 0 amide bonds. The molecule has 0 radical (unpaired) electrons. The van der Waals surface area contributed by atoms with Crippen LogP contribution in [0.5, 0.6) is 0 Å². The molecule has 3 aromatic heterocycles. The summed E-state index contributed by atoms with van der Waals surface area (Å²) in [6, 6.07) is 10.2. The Kier molecular flexibility index (Phi) is 6.69. The predicted octanol–water partition coefficient (Wildman–Crippen LogP) is 3.58. The van der Waals surface area contributed by atoms with Crippen LogP contribution < -0.4 is 15.6 Å². The van der Waals surface area contributed by atoms with Crippen LogP contribution >= 0.6 is 11.6 Å². The number of rotatable bonds is 8. The number of sulfonamides is 1. The number of halogens is 1. The second-order valence-electron chi connectivity index (χ2n) is 8.82. The molecule has 13 heteroatoms. The van der Waals surface area contributed by atoms with Gasteiger partial charge in [0.2, 0.25) is 10.0 Å². The number of H-pyrrole nitrogens is 2. The minimum Gasteiger partial charge on any atom is -0.387 e. The van der Waals surface area contributed by atoms with Gasteiger partial charge in [-0.1, -0.05) is 17.7 Å². The van der Waals surface area contributed by atoms with Gasteiger partial charge in [-0.2, -0.15) is 0 Å². The second kappa shape index (κ2) is 9.97. The molecule has 2 aromatic carbocycles. The van der Waals surface area contributed by atoms with E-state index in [0.29, 0.717) is 17.1 Å². The first-order valence-corrected chi connectivity index (χ1v) is 13.8. The van der Waals surface area contributed by atoms with Crippen molar-refractivity contribution in [2.45, 2.75) is 13.0 Å². The van der Waals surface area contributed by atoms with Crippen LogP contribution in [0.1, 0.15) is 17.2 Å². The van der Waals surface area contributed by atoms with Gasteiger partial charge < -0.3 is 25.0 Å². The molecule has 0 saturated carbocycles. The fourth-order valence-corrected chi connectivity index (χ4v) is 4.95. The molecule has 11 nitrogen and oxygen atoms in total. The number of aryl methyl sites for hydroxylation is 1. The molecular formula is C25H24ClN7O4S. The highest BCUT2D eigenvalue weighted by atomic mass is 35.5. The number of pyridine rings is 1. The third-order valence-corrected chi connectivity index (χ3v) is 6.84. The number of imidazole rings is 2. The molecule has 3 heterocycles. The van der Waals surface area contributed by atoms with Crippen LogP contribution in [0.2, 0.25) is 5.02 Å². The van der Waals surface area contributed by atoms with Crippen LogP contribution in [0, 0.1) is 6.92 Å². The Morgan fingerprint density at radius 2 is 2.00 bits per heavy atom. The first-order chi connectivity index (χ1) is 18.1. The van der Waals surface area contributed by atoms with Crippen LogP contribution in [-0.2, 0) is 10.0 Å². The van der Waals surface area contributed by atoms with Crippen molar-refractivity contribution < 1.29 is 13.5 Å². The number of hydrogen-bond donors (Lipinski definition) is 5. The Morgan fingerprint density at radius 3 is 2.74 bits per heavy atom. The van der Waals surface area contributed by atoms with Crippen molar-refractivity contribution >= 4 is 44.0 Å². The number of anilines is 2. The Balaban J connectivity index is 1.44. The Morgan fingerprint density at radius 1 is 1.18 bits per heavy atom. The molecule has 1 atom stereocenters. The molecule has 0 aliphatic heterocycles. The number of aromatic amines is 2. The average molecular weight is 554 g/mol. The summed E-state index contributed by atoms with van der Waals surface area (Å²) in [6.45, 7) is 1.97. The standard InChI is InChI=1S/C25H24ClN7O4S/c1-14-9-16(33-8-7-27-13-33)11-20-23(14)31-24(30-20)22-18(5-6-28-25(22)35)29-12-21(34)15-3-4-17(26)19(10-15)32-38(2,36)37/h3-11,13,21,32,34H,12H2,1-2H3,(H,30,31)(H2,28,29,35). The van der Waals surface area contributed by atoms with Gasteiger partial charge in [0.05, 0.1) is 46.1 Å². The van der Waals surface area contributed by atoms with E-state index in [1.807, 2.05) is 29.8 Å². The zero-order valence-corrected chi connectivity index (χ0v) is 21.9. The van der Waals surface area contributed by atoms with Gasteiger partial charge >= 0.3 is 0 Å². The van der Waals surface area contributed by atoms with E-state index in [1.54, 1.807) is 24.7 Å². The number of aliphatic hydroxyl groups is 1. The number of aliphatic hydroxyl groups excluding tert-OH is 1. The topological polar surface area (TPSA) is 158 Å². The van der Waals surface area contributed by atoms with E-state index in [2.05, 4.69) is 30.0 Å². The van der Waals surface area contributed by atoms with Crippen molar-refractivity contribution in [3.8, 4) is 17.1 Å². The number of nitrogens with zero attached hydrogens (tertiary/aromatic N) is 3. The molecule has 0 fully saturated rings. The average Bonchev–Trinajstić information content (AvgIpc) is 3.53. The summed E-state index contributed by atoms with van der Waals surface area (Å²) in [4.78, 5) is 27.6. The van der Waals surface area contributed by atoms with E-state index in [9.17, 15) is 18.3 Å². The molecule has 5 rings (SSSR count). The van der Waals surface area contributed by atoms with Crippen molar-refractivity contribution in [3.05, 3.63) is 87.8 Å². The lowest BCUT2D eigenvalue weighted by molar-refractivity contribution is 0.191.